The molecule has 1 rings (SSSR count). The molecule has 8 heteroatoms. The molecule has 0 aromatic carbocycles. The molecule has 0 bridgehead atoms. The van der Waals surface area contributed by atoms with E-state index in [0.29, 0.717) is 10.8 Å². The third-order valence-corrected chi connectivity index (χ3v) is 4.02. The molecule has 0 fully saturated rings. The Labute approximate surface area is 104 Å². The molecule has 90 valence electrons. The van der Waals surface area contributed by atoms with Gasteiger partial charge >= 0.3 is 0 Å². The minimum Gasteiger partial charge on any atom is -0.368 e. The summed E-state index contributed by atoms with van der Waals surface area (Å²) in [6.07, 6.45) is 1.35. The van der Waals surface area contributed by atoms with Crippen molar-refractivity contribution in [2.45, 2.75) is 6.92 Å². The Kier molecular flexibility index (Phi) is 4.76. The molecule has 1 aromatic heterocycles. The van der Waals surface area contributed by atoms with Crippen LogP contribution in [0.2, 0.25) is 10.3 Å². The Morgan fingerprint density at radius 3 is 2.75 bits per heavy atom. The zero-order valence-electron chi connectivity index (χ0n) is 8.57. The first kappa shape index (κ1) is 13.5. The number of sulfone groups is 1. The van der Waals surface area contributed by atoms with E-state index in [2.05, 4.69) is 15.3 Å². The summed E-state index contributed by atoms with van der Waals surface area (Å²) in [5, 5.41) is 3.16. The van der Waals surface area contributed by atoms with Crippen LogP contribution in [0.4, 0.5) is 5.82 Å². The van der Waals surface area contributed by atoms with E-state index in [0.717, 1.165) is 0 Å². The van der Waals surface area contributed by atoms with Crippen LogP contribution in [0.1, 0.15) is 6.92 Å². The molecular formula is C8H11Cl2N3O2S. The maximum Gasteiger partial charge on any atom is 0.224 e. The maximum atomic E-state index is 11.2. The molecule has 1 N–H and O–H groups in total. The van der Waals surface area contributed by atoms with Gasteiger partial charge in [-0.25, -0.2) is 13.4 Å². The average Bonchev–Trinajstić information content (AvgIpc) is 2.23. The zero-order chi connectivity index (χ0) is 12.2. The van der Waals surface area contributed by atoms with Crippen molar-refractivity contribution in [2.24, 2.45) is 0 Å². The molecule has 1 aromatic rings. The number of nitrogens with zero attached hydrogens (tertiary/aromatic N) is 2. The summed E-state index contributed by atoms with van der Waals surface area (Å²) in [6.45, 7) is 1.84. The minimum atomic E-state index is -2.99. The Balaban J connectivity index is 2.59. The first-order valence-electron chi connectivity index (χ1n) is 4.57. The summed E-state index contributed by atoms with van der Waals surface area (Å²) in [7, 11) is -2.99. The number of anilines is 1. The Morgan fingerprint density at radius 2 is 2.12 bits per heavy atom. The average molecular weight is 284 g/mol. The molecule has 1 heterocycles. The number of hydrogen-bond donors (Lipinski definition) is 1. The lowest BCUT2D eigenvalue weighted by Gasteiger charge is -2.06. The lowest BCUT2D eigenvalue weighted by molar-refractivity contribution is 0.597. The molecule has 0 aliphatic carbocycles. The molecule has 5 nitrogen and oxygen atoms in total. The van der Waals surface area contributed by atoms with Gasteiger partial charge in [0.1, 0.15) is 10.8 Å². The predicted octanol–water partition coefficient (Wildman–Crippen LogP) is 1.63. The van der Waals surface area contributed by atoms with Gasteiger partial charge in [0.2, 0.25) is 5.28 Å². The molecule has 0 spiro atoms. The third kappa shape index (κ3) is 4.11. The summed E-state index contributed by atoms with van der Waals surface area (Å²) in [4.78, 5) is 7.51. The van der Waals surface area contributed by atoms with Crippen LogP contribution in [0.3, 0.4) is 0 Å². The smallest absolute Gasteiger partial charge is 0.224 e. The molecule has 0 unspecified atom stereocenters. The molecule has 0 saturated carbocycles. The van der Waals surface area contributed by atoms with Crippen LogP contribution < -0.4 is 5.32 Å². The predicted molar refractivity (Wildman–Crippen MR) is 64.9 cm³/mol. The van der Waals surface area contributed by atoms with E-state index in [9.17, 15) is 8.42 Å². The van der Waals surface area contributed by atoms with Crippen LogP contribution in [0.5, 0.6) is 0 Å². The number of hydrogen-bond acceptors (Lipinski definition) is 5. The summed E-state index contributed by atoms with van der Waals surface area (Å²) >= 11 is 11.4. The highest BCUT2D eigenvalue weighted by molar-refractivity contribution is 7.91. The summed E-state index contributed by atoms with van der Waals surface area (Å²) in [5.74, 6) is 0.488. The first-order chi connectivity index (χ1) is 7.44. The normalized spacial score (nSPS) is 11.4. The highest BCUT2D eigenvalue weighted by atomic mass is 35.5. The van der Waals surface area contributed by atoms with Crippen LogP contribution >= 0.6 is 23.2 Å². The molecule has 0 radical (unpaired) electrons. The molecule has 0 atom stereocenters. The van der Waals surface area contributed by atoms with Gasteiger partial charge < -0.3 is 5.32 Å². The second-order valence-corrected chi connectivity index (χ2v) is 6.22. The quantitative estimate of drug-likeness (QED) is 0.832. The molecule has 0 amide bonds. The van der Waals surface area contributed by atoms with Crippen molar-refractivity contribution in [3.63, 3.8) is 0 Å². The molecule has 16 heavy (non-hydrogen) atoms. The molecule has 0 saturated heterocycles. The minimum absolute atomic E-state index is 0.0292. The number of halogens is 2. The number of nitrogens with one attached hydrogen (secondary N) is 1. The van der Waals surface area contributed by atoms with Gasteiger partial charge in [0, 0.05) is 12.3 Å². The van der Waals surface area contributed by atoms with Crippen molar-refractivity contribution in [1.29, 1.82) is 0 Å². The fourth-order valence-corrected chi connectivity index (χ4v) is 1.93. The van der Waals surface area contributed by atoms with Crippen molar-refractivity contribution >= 4 is 38.9 Å². The second-order valence-electron chi connectivity index (χ2n) is 3.00. The van der Waals surface area contributed by atoms with Gasteiger partial charge in [-0.05, 0) is 11.6 Å². The fourth-order valence-electron chi connectivity index (χ4n) is 0.939. The van der Waals surface area contributed by atoms with E-state index in [1.54, 1.807) is 6.92 Å². The SMILES string of the molecule is CCS(=O)(=O)CCNc1nc(Cl)ncc1Cl. The molecule has 0 aliphatic heterocycles. The van der Waals surface area contributed by atoms with Crippen molar-refractivity contribution in [2.75, 3.05) is 23.4 Å². The van der Waals surface area contributed by atoms with E-state index in [4.69, 9.17) is 23.2 Å². The summed E-state index contributed by atoms with van der Waals surface area (Å²) in [5.41, 5.74) is 0. The van der Waals surface area contributed by atoms with E-state index in [1.165, 1.54) is 6.20 Å². The van der Waals surface area contributed by atoms with Gasteiger partial charge in [-0.15, -0.1) is 0 Å². The van der Waals surface area contributed by atoms with E-state index >= 15 is 0 Å². The van der Waals surface area contributed by atoms with Crippen molar-refractivity contribution in [3.05, 3.63) is 16.5 Å². The van der Waals surface area contributed by atoms with Crippen LogP contribution in [0, 0.1) is 0 Å². The van der Waals surface area contributed by atoms with Crippen LogP contribution in [0.25, 0.3) is 0 Å². The summed E-state index contributed by atoms with van der Waals surface area (Å²) < 4.78 is 22.4. The van der Waals surface area contributed by atoms with Gasteiger partial charge in [-0.2, -0.15) is 4.98 Å². The number of rotatable bonds is 5. The Bertz CT molecular complexity index is 464. The van der Waals surface area contributed by atoms with Crippen molar-refractivity contribution in [1.82, 2.24) is 9.97 Å². The van der Waals surface area contributed by atoms with E-state index in [-0.39, 0.29) is 23.3 Å². The van der Waals surface area contributed by atoms with Crippen LogP contribution in [-0.4, -0.2) is 36.4 Å². The fraction of sp³-hybridized carbons (Fsp3) is 0.500. The van der Waals surface area contributed by atoms with Gasteiger partial charge in [-0.1, -0.05) is 18.5 Å². The highest BCUT2D eigenvalue weighted by Gasteiger charge is 2.08. The second kappa shape index (κ2) is 5.65. The van der Waals surface area contributed by atoms with Gasteiger partial charge in [0.05, 0.1) is 11.9 Å². The lowest BCUT2D eigenvalue weighted by Crippen LogP contribution is -2.17. The maximum absolute atomic E-state index is 11.2. The topological polar surface area (TPSA) is 72.0 Å². The van der Waals surface area contributed by atoms with Gasteiger partial charge in [-0.3, -0.25) is 0 Å². The standard InChI is InChI=1S/C8H11Cl2N3O2S/c1-2-16(14,15)4-3-11-7-6(9)5-12-8(10)13-7/h5H,2-4H2,1H3,(H,11,12,13). The van der Waals surface area contributed by atoms with E-state index < -0.39 is 9.84 Å². The largest absolute Gasteiger partial charge is 0.368 e. The number of aromatic nitrogens is 2. The van der Waals surface area contributed by atoms with Gasteiger partial charge in [0.15, 0.2) is 9.84 Å². The monoisotopic (exact) mass is 283 g/mol. The first-order valence-corrected chi connectivity index (χ1v) is 7.14. The van der Waals surface area contributed by atoms with Crippen LogP contribution in [0.15, 0.2) is 6.20 Å². The zero-order valence-corrected chi connectivity index (χ0v) is 10.9. The van der Waals surface area contributed by atoms with Crippen molar-refractivity contribution in [3.8, 4) is 0 Å². The molecule has 0 aliphatic rings. The Hall–Kier alpha value is -0.590. The highest BCUT2D eigenvalue weighted by Crippen LogP contribution is 2.18. The summed E-state index contributed by atoms with van der Waals surface area (Å²) in [6, 6.07) is 0. The third-order valence-electron chi connectivity index (χ3n) is 1.86. The van der Waals surface area contributed by atoms with E-state index in [1.807, 2.05) is 0 Å². The van der Waals surface area contributed by atoms with Crippen molar-refractivity contribution < 1.29 is 8.42 Å². The van der Waals surface area contributed by atoms with Crippen LogP contribution in [-0.2, 0) is 9.84 Å². The van der Waals surface area contributed by atoms with Gasteiger partial charge in [0.25, 0.3) is 0 Å². The lowest BCUT2D eigenvalue weighted by atomic mass is 10.5. The molecular weight excluding hydrogens is 273 g/mol. The Morgan fingerprint density at radius 1 is 1.44 bits per heavy atom.